The fourth-order valence-corrected chi connectivity index (χ4v) is 4.90. The van der Waals surface area contributed by atoms with Crippen LogP contribution in [0.2, 0.25) is 0 Å². The van der Waals surface area contributed by atoms with Gasteiger partial charge in [0, 0.05) is 17.6 Å². The first-order chi connectivity index (χ1) is 11.0. The Labute approximate surface area is 134 Å². The molecule has 1 fully saturated rings. The lowest BCUT2D eigenvalue weighted by Crippen LogP contribution is -2.33. The first-order valence-corrected chi connectivity index (χ1v) is 9.11. The summed E-state index contributed by atoms with van der Waals surface area (Å²) in [6.45, 7) is 0. The molecule has 3 aliphatic rings. The number of nitrogens with one attached hydrogen (secondary N) is 1. The second kappa shape index (κ2) is 4.92. The number of amides is 2. The summed E-state index contributed by atoms with van der Waals surface area (Å²) < 4.78 is 26.1. The van der Waals surface area contributed by atoms with E-state index in [1.165, 1.54) is 18.2 Å². The number of fused-ring (bicyclic) bond motifs is 1. The third-order valence-electron chi connectivity index (χ3n) is 4.43. The lowest BCUT2D eigenvalue weighted by Gasteiger charge is -2.13. The molecule has 2 amide bonds. The minimum Gasteiger partial charge on any atom is -0.349 e. The number of carbonyl (C=O) groups excluding carboxylic acids is 2. The zero-order valence-electron chi connectivity index (χ0n) is 12.4. The van der Waals surface area contributed by atoms with Crippen molar-refractivity contribution in [1.82, 2.24) is 9.62 Å². The maximum absolute atomic E-state index is 12.6. The normalized spacial score (nSPS) is 22.4. The van der Waals surface area contributed by atoms with Gasteiger partial charge in [0.2, 0.25) is 0 Å². The van der Waals surface area contributed by atoms with Gasteiger partial charge in [-0.3, -0.25) is 9.59 Å². The molecule has 0 spiro atoms. The van der Waals surface area contributed by atoms with E-state index in [-0.39, 0.29) is 34.0 Å². The van der Waals surface area contributed by atoms with Crippen LogP contribution in [-0.4, -0.2) is 36.6 Å². The van der Waals surface area contributed by atoms with Gasteiger partial charge in [0.1, 0.15) is 4.90 Å². The Morgan fingerprint density at radius 3 is 2.52 bits per heavy atom. The molecule has 0 atom stereocenters. The summed E-state index contributed by atoms with van der Waals surface area (Å²) >= 11 is 0. The summed E-state index contributed by atoms with van der Waals surface area (Å²) in [7, 11) is -3.82. The summed E-state index contributed by atoms with van der Waals surface area (Å²) in [5, 5.41) is 2.88. The monoisotopic (exact) mass is 332 g/mol. The van der Waals surface area contributed by atoms with Crippen LogP contribution in [0.15, 0.2) is 35.2 Å². The van der Waals surface area contributed by atoms with Crippen LogP contribution in [-0.2, 0) is 10.0 Å². The smallest absolute Gasteiger partial charge is 0.269 e. The van der Waals surface area contributed by atoms with Crippen molar-refractivity contribution in [2.75, 3.05) is 0 Å². The van der Waals surface area contributed by atoms with Gasteiger partial charge in [-0.15, -0.1) is 0 Å². The van der Waals surface area contributed by atoms with Crippen molar-refractivity contribution in [2.45, 2.75) is 42.7 Å². The van der Waals surface area contributed by atoms with Gasteiger partial charge in [-0.05, 0) is 43.9 Å². The van der Waals surface area contributed by atoms with Crippen molar-refractivity contribution in [3.05, 3.63) is 41.5 Å². The Hall–Kier alpha value is -2.15. The van der Waals surface area contributed by atoms with E-state index in [4.69, 9.17) is 0 Å². The Balaban J connectivity index is 1.65. The lowest BCUT2D eigenvalue weighted by atomic mass is 10.1. The molecule has 23 heavy (non-hydrogen) atoms. The number of benzene rings is 1. The van der Waals surface area contributed by atoms with Crippen LogP contribution in [0, 0.1) is 0 Å². The summed E-state index contributed by atoms with van der Waals surface area (Å²) in [6, 6.07) is 4.11. The number of hydrogen-bond donors (Lipinski definition) is 1. The Morgan fingerprint density at radius 1 is 1.17 bits per heavy atom. The van der Waals surface area contributed by atoms with Crippen LogP contribution in [0.3, 0.4) is 0 Å². The van der Waals surface area contributed by atoms with Crippen LogP contribution >= 0.6 is 0 Å². The van der Waals surface area contributed by atoms with E-state index >= 15 is 0 Å². The molecule has 1 aliphatic heterocycles. The highest BCUT2D eigenvalue weighted by atomic mass is 32.2. The maximum Gasteiger partial charge on any atom is 0.269 e. The third kappa shape index (κ3) is 2.26. The molecule has 2 aliphatic carbocycles. The average Bonchev–Trinajstić information content (AvgIpc) is 3.16. The van der Waals surface area contributed by atoms with Crippen molar-refractivity contribution < 1.29 is 18.0 Å². The molecule has 1 aromatic carbocycles. The molecule has 1 heterocycles. The van der Waals surface area contributed by atoms with Crippen LogP contribution in [0.25, 0.3) is 0 Å². The van der Waals surface area contributed by atoms with Crippen LogP contribution < -0.4 is 5.32 Å². The molecule has 1 N–H and O–H groups in total. The Morgan fingerprint density at radius 2 is 1.87 bits per heavy atom. The molecule has 120 valence electrons. The van der Waals surface area contributed by atoms with Crippen molar-refractivity contribution in [3.8, 4) is 0 Å². The van der Waals surface area contributed by atoms with Crippen LogP contribution in [0.1, 0.15) is 46.4 Å². The number of rotatable bonds is 3. The SMILES string of the molecule is O=C(NC1CC=CC1)c1ccc2c(c1)S(=O)(=O)N(C1CC1)C2=O. The van der Waals surface area contributed by atoms with Gasteiger partial charge in [-0.1, -0.05) is 12.2 Å². The molecule has 6 nitrogen and oxygen atoms in total. The highest BCUT2D eigenvalue weighted by Gasteiger charge is 2.48. The standard InChI is InChI=1S/C16H16N2O4S/c19-15(17-11-3-1-2-4-11)10-5-8-13-14(9-10)23(21,22)18(16(13)20)12-6-7-12/h1-2,5,8-9,11-12H,3-4,6-7H2,(H,17,19). The quantitative estimate of drug-likeness (QED) is 0.849. The van der Waals surface area contributed by atoms with Crippen molar-refractivity contribution >= 4 is 21.8 Å². The molecule has 0 unspecified atom stereocenters. The molecule has 0 radical (unpaired) electrons. The van der Waals surface area contributed by atoms with Gasteiger partial charge in [0.15, 0.2) is 0 Å². The highest BCUT2D eigenvalue weighted by Crippen LogP contribution is 2.39. The fraction of sp³-hybridized carbons (Fsp3) is 0.375. The van der Waals surface area contributed by atoms with Crippen molar-refractivity contribution in [1.29, 1.82) is 0 Å². The first kappa shape index (κ1) is 14.4. The van der Waals surface area contributed by atoms with Gasteiger partial charge >= 0.3 is 0 Å². The maximum atomic E-state index is 12.6. The zero-order chi connectivity index (χ0) is 16.2. The van der Waals surface area contributed by atoms with Crippen LogP contribution in [0.5, 0.6) is 0 Å². The summed E-state index contributed by atoms with van der Waals surface area (Å²) in [5.41, 5.74) is 0.431. The molecule has 1 saturated carbocycles. The summed E-state index contributed by atoms with van der Waals surface area (Å²) in [6.07, 6.45) is 6.99. The van der Waals surface area contributed by atoms with E-state index < -0.39 is 15.9 Å². The molecular weight excluding hydrogens is 316 g/mol. The van der Waals surface area contributed by atoms with Gasteiger partial charge in [0.25, 0.3) is 21.8 Å². The van der Waals surface area contributed by atoms with E-state index in [0.29, 0.717) is 12.8 Å². The predicted octanol–water partition coefficient (Wildman–Crippen LogP) is 1.44. The van der Waals surface area contributed by atoms with Gasteiger partial charge in [-0.25, -0.2) is 12.7 Å². The number of hydrogen-bond acceptors (Lipinski definition) is 4. The summed E-state index contributed by atoms with van der Waals surface area (Å²) in [4.78, 5) is 24.5. The highest BCUT2D eigenvalue weighted by molar-refractivity contribution is 7.90. The van der Waals surface area contributed by atoms with E-state index in [1.54, 1.807) is 0 Å². The molecular formula is C16H16N2O4S. The van der Waals surface area contributed by atoms with Crippen molar-refractivity contribution in [2.24, 2.45) is 0 Å². The molecule has 1 aromatic rings. The third-order valence-corrected chi connectivity index (χ3v) is 6.31. The molecule has 0 saturated heterocycles. The number of nitrogens with zero attached hydrogens (tertiary/aromatic N) is 1. The van der Waals surface area contributed by atoms with Crippen molar-refractivity contribution in [3.63, 3.8) is 0 Å². The first-order valence-electron chi connectivity index (χ1n) is 7.67. The van der Waals surface area contributed by atoms with Gasteiger partial charge < -0.3 is 5.32 Å². The van der Waals surface area contributed by atoms with Gasteiger partial charge in [-0.2, -0.15) is 0 Å². The number of sulfonamides is 1. The topological polar surface area (TPSA) is 83.6 Å². The molecule has 0 bridgehead atoms. The second-order valence-corrected chi connectivity index (χ2v) is 7.94. The second-order valence-electron chi connectivity index (χ2n) is 6.16. The average molecular weight is 332 g/mol. The van der Waals surface area contributed by atoms with E-state index in [9.17, 15) is 18.0 Å². The minimum absolute atomic E-state index is 0.0494. The molecule has 0 aromatic heterocycles. The van der Waals surface area contributed by atoms with Gasteiger partial charge in [0.05, 0.1) is 5.56 Å². The van der Waals surface area contributed by atoms with E-state index in [2.05, 4.69) is 5.32 Å². The van der Waals surface area contributed by atoms with E-state index in [0.717, 1.165) is 17.1 Å². The lowest BCUT2D eigenvalue weighted by molar-refractivity contribution is 0.0863. The van der Waals surface area contributed by atoms with Crippen LogP contribution in [0.4, 0.5) is 0 Å². The largest absolute Gasteiger partial charge is 0.349 e. The Kier molecular flexibility index (Phi) is 3.09. The zero-order valence-corrected chi connectivity index (χ0v) is 13.2. The Bertz CT molecular complexity index is 832. The van der Waals surface area contributed by atoms with E-state index in [1.807, 2.05) is 12.2 Å². The number of carbonyl (C=O) groups is 2. The minimum atomic E-state index is -3.82. The predicted molar refractivity (Wildman–Crippen MR) is 82.4 cm³/mol. The summed E-state index contributed by atoms with van der Waals surface area (Å²) in [5.74, 6) is -0.788. The molecule has 7 heteroatoms. The fourth-order valence-electron chi connectivity index (χ4n) is 3.06. The molecule has 4 rings (SSSR count).